The predicted octanol–water partition coefficient (Wildman–Crippen LogP) is 6.30. The van der Waals surface area contributed by atoms with E-state index in [1.807, 2.05) is 18.2 Å². The Morgan fingerprint density at radius 2 is 1.80 bits per heavy atom. The quantitative estimate of drug-likeness (QED) is 0.289. The molecule has 206 valence electrons. The summed E-state index contributed by atoms with van der Waals surface area (Å²) in [7, 11) is 0. The molecule has 6 nitrogen and oxygen atoms in total. The molecular formula is C31H29F3N4O2. The van der Waals surface area contributed by atoms with Gasteiger partial charge in [0.25, 0.3) is 5.91 Å². The number of ether oxygens (including phenoxy) is 1. The highest BCUT2D eigenvalue weighted by molar-refractivity contribution is 6.04. The Balaban J connectivity index is 1.27. The van der Waals surface area contributed by atoms with Crippen molar-refractivity contribution in [3.63, 3.8) is 0 Å². The molecule has 1 atom stereocenters. The lowest BCUT2D eigenvalue weighted by Crippen LogP contribution is -2.51. The zero-order valence-corrected chi connectivity index (χ0v) is 21.9. The number of likely N-dealkylation sites (tertiary alicyclic amines) is 1. The molecule has 1 fully saturated rings. The lowest BCUT2D eigenvalue weighted by molar-refractivity contribution is 0.0639. The van der Waals surface area contributed by atoms with Gasteiger partial charge in [0.05, 0.1) is 23.6 Å². The van der Waals surface area contributed by atoms with E-state index in [1.165, 1.54) is 31.0 Å². The van der Waals surface area contributed by atoms with Gasteiger partial charge >= 0.3 is 0 Å². The van der Waals surface area contributed by atoms with E-state index in [0.717, 1.165) is 66.1 Å². The van der Waals surface area contributed by atoms with Gasteiger partial charge in [0.15, 0.2) is 12.0 Å². The molecule has 4 heterocycles. The van der Waals surface area contributed by atoms with Crippen molar-refractivity contribution in [2.45, 2.75) is 31.8 Å². The normalized spacial score (nSPS) is 18.7. The zero-order chi connectivity index (χ0) is 27.4. The van der Waals surface area contributed by atoms with E-state index in [4.69, 9.17) is 4.74 Å². The van der Waals surface area contributed by atoms with Crippen molar-refractivity contribution in [3.05, 3.63) is 88.9 Å². The SMILES string of the molecule is O=C1c2cc(F)cc(F)c2N(c2cccc(F)c2)C2c3[nH]c4ccc(OCCCN5CCCC5)cc4c3CCN12. The fraction of sp³-hybridized carbons (Fsp3) is 0.323. The Morgan fingerprint density at radius 3 is 2.62 bits per heavy atom. The Labute approximate surface area is 229 Å². The highest BCUT2D eigenvalue weighted by Crippen LogP contribution is 2.48. The van der Waals surface area contributed by atoms with E-state index >= 15 is 4.39 Å². The number of aromatic nitrogens is 1. The van der Waals surface area contributed by atoms with Crippen LogP contribution in [0.25, 0.3) is 10.9 Å². The van der Waals surface area contributed by atoms with Gasteiger partial charge < -0.3 is 24.4 Å². The van der Waals surface area contributed by atoms with Crippen LogP contribution in [0.2, 0.25) is 0 Å². The molecule has 0 radical (unpaired) electrons. The number of halogens is 3. The minimum atomic E-state index is -0.875. The molecule has 3 aliphatic heterocycles. The van der Waals surface area contributed by atoms with E-state index in [-0.39, 0.29) is 11.3 Å². The summed E-state index contributed by atoms with van der Waals surface area (Å²) in [6.07, 6.45) is 3.29. The number of benzene rings is 3. The fourth-order valence-corrected chi connectivity index (χ4v) is 6.45. The molecule has 0 spiro atoms. The highest BCUT2D eigenvalue weighted by Gasteiger charge is 2.45. The van der Waals surface area contributed by atoms with Crippen molar-refractivity contribution in [1.82, 2.24) is 14.8 Å². The van der Waals surface area contributed by atoms with E-state index < -0.39 is 29.5 Å². The number of fused-ring (bicyclic) bond motifs is 6. The summed E-state index contributed by atoms with van der Waals surface area (Å²) >= 11 is 0. The number of aromatic amines is 1. The first-order valence-electron chi connectivity index (χ1n) is 13.8. The number of amides is 1. The minimum absolute atomic E-state index is 0.0632. The number of carbonyl (C=O) groups is 1. The number of hydrogen-bond acceptors (Lipinski definition) is 4. The third kappa shape index (κ3) is 4.20. The maximum atomic E-state index is 15.4. The minimum Gasteiger partial charge on any atom is -0.494 e. The third-order valence-electron chi connectivity index (χ3n) is 8.24. The first kappa shape index (κ1) is 25.0. The first-order chi connectivity index (χ1) is 19.5. The van der Waals surface area contributed by atoms with Crippen LogP contribution in [0, 0.1) is 17.5 Å². The van der Waals surface area contributed by atoms with Gasteiger partial charge in [-0.15, -0.1) is 0 Å². The van der Waals surface area contributed by atoms with Gasteiger partial charge in [-0.2, -0.15) is 0 Å². The molecule has 1 unspecified atom stereocenters. The predicted molar refractivity (Wildman–Crippen MR) is 146 cm³/mol. The van der Waals surface area contributed by atoms with Crippen LogP contribution in [0.4, 0.5) is 24.5 Å². The molecule has 3 aliphatic rings. The Hall–Kier alpha value is -3.98. The first-order valence-corrected chi connectivity index (χ1v) is 13.8. The van der Waals surface area contributed by atoms with Crippen LogP contribution in [0.5, 0.6) is 5.75 Å². The number of H-pyrrole nitrogens is 1. The Bertz CT molecular complexity index is 1610. The fourth-order valence-electron chi connectivity index (χ4n) is 6.45. The molecule has 1 saturated heterocycles. The van der Waals surface area contributed by atoms with Gasteiger partial charge in [-0.05, 0) is 86.8 Å². The lowest BCUT2D eigenvalue weighted by atomic mass is 9.94. The van der Waals surface area contributed by atoms with E-state index in [9.17, 15) is 13.6 Å². The van der Waals surface area contributed by atoms with Gasteiger partial charge in [-0.25, -0.2) is 13.2 Å². The average Bonchev–Trinajstić information content (AvgIpc) is 3.59. The van der Waals surface area contributed by atoms with Crippen molar-refractivity contribution in [3.8, 4) is 5.75 Å². The van der Waals surface area contributed by atoms with Crippen molar-refractivity contribution < 1.29 is 22.7 Å². The molecule has 9 heteroatoms. The molecule has 0 saturated carbocycles. The van der Waals surface area contributed by atoms with Gasteiger partial charge in [0.2, 0.25) is 0 Å². The maximum absolute atomic E-state index is 15.4. The summed E-state index contributed by atoms with van der Waals surface area (Å²) in [6.45, 7) is 4.33. The summed E-state index contributed by atoms with van der Waals surface area (Å²) < 4.78 is 50.1. The van der Waals surface area contributed by atoms with Crippen LogP contribution in [0.1, 0.15) is 47.0 Å². The zero-order valence-electron chi connectivity index (χ0n) is 21.9. The second kappa shape index (κ2) is 9.89. The molecular weight excluding hydrogens is 517 g/mol. The number of rotatable bonds is 6. The molecule has 1 N–H and O–H groups in total. The van der Waals surface area contributed by atoms with Gasteiger partial charge in [-0.3, -0.25) is 4.79 Å². The summed E-state index contributed by atoms with van der Waals surface area (Å²) in [6, 6.07) is 13.5. The summed E-state index contributed by atoms with van der Waals surface area (Å²) in [5.74, 6) is -1.90. The van der Waals surface area contributed by atoms with Crippen LogP contribution in [0.3, 0.4) is 0 Å². The highest BCUT2D eigenvalue weighted by atomic mass is 19.1. The number of anilines is 2. The van der Waals surface area contributed by atoms with E-state index in [2.05, 4.69) is 9.88 Å². The molecule has 7 rings (SSSR count). The Kier molecular flexibility index (Phi) is 6.19. The lowest BCUT2D eigenvalue weighted by Gasteiger charge is -2.47. The molecule has 4 aromatic rings. The summed E-state index contributed by atoms with van der Waals surface area (Å²) in [4.78, 5) is 22.7. The van der Waals surface area contributed by atoms with Crippen molar-refractivity contribution in [2.75, 3.05) is 37.7 Å². The van der Waals surface area contributed by atoms with Crippen LogP contribution in [-0.2, 0) is 6.42 Å². The van der Waals surface area contributed by atoms with Crippen molar-refractivity contribution in [2.24, 2.45) is 0 Å². The van der Waals surface area contributed by atoms with Crippen LogP contribution >= 0.6 is 0 Å². The van der Waals surface area contributed by atoms with E-state index in [1.54, 1.807) is 15.9 Å². The molecule has 0 aliphatic carbocycles. The second-order valence-corrected chi connectivity index (χ2v) is 10.7. The van der Waals surface area contributed by atoms with Crippen molar-refractivity contribution >= 4 is 28.2 Å². The second-order valence-electron chi connectivity index (χ2n) is 10.7. The molecule has 40 heavy (non-hydrogen) atoms. The van der Waals surface area contributed by atoms with Crippen molar-refractivity contribution in [1.29, 1.82) is 0 Å². The summed E-state index contributed by atoms with van der Waals surface area (Å²) in [5.41, 5.74) is 2.81. The maximum Gasteiger partial charge on any atom is 0.258 e. The standard InChI is InChI=1S/C31H29F3N4O2/c32-19-5-3-6-21(15-19)38-29-25(16-20(33)17-26(29)34)31(39)37-13-9-23-24-18-22(7-8-27(24)35-28(23)30(37)38)40-14-4-12-36-10-1-2-11-36/h3,5-8,15-18,30,35H,1-2,4,9-14H2. The third-order valence-corrected chi connectivity index (χ3v) is 8.24. The van der Waals surface area contributed by atoms with Crippen LogP contribution < -0.4 is 9.64 Å². The van der Waals surface area contributed by atoms with Crippen LogP contribution in [0.15, 0.2) is 54.6 Å². The topological polar surface area (TPSA) is 51.8 Å². The number of carbonyl (C=O) groups excluding carboxylic acids is 1. The average molecular weight is 547 g/mol. The number of nitrogens with zero attached hydrogens (tertiary/aromatic N) is 3. The number of nitrogens with one attached hydrogen (secondary N) is 1. The molecule has 3 aromatic carbocycles. The van der Waals surface area contributed by atoms with Gasteiger partial charge in [-0.1, -0.05) is 6.07 Å². The monoisotopic (exact) mass is 546 g/mol. The number of hydrogen-bond donors (Lipinski definition) is 1. The van der Waals surface area contributed by atoms with Gasteiger partial charge in [0.1, 0.15) is 17.4 Å². The largest absolute Gasteiger partial charge is 0.494 e. The Morgan fingerprint density at radius 1 is 0.950 bits per heavy atom. The summed E-state index contributed by atoms with van der Waals surface area (Å²) in [5, 5.41) is 0.976. The molecule has 1 amide bonds. The van der Waals surface area contributed by atoms with E-state index in [0.29, 0.717) is 25.3 Å². The molecule has 0 bridgehead atoms. The van der Waals surface area contributed by atoms with Crippen LogP contribution in [-0.4, -0.2) is 53.5 Å². The smallest absolute Gasteiger partial charge is 0.258 e. The molecule has 1 aromatic heterocycles. The van der Waals surface area contributed by atoms with Gasteiger partial charge in [0, 0.05) is 35.7 Å².